The van der Waals surface area contributed by atoms with Crippen molar-refractivity contribution < 1.29 is 9.90 Å². The third-order valence-electron chi connectivity index (χ3n) is 3.77. The minimum atomic E-state index is -0.0692. The van der Waals surface area contributed by atoms with Gasteiger partial charge in [-0.25, -0.2) is 0 Å². The highest BCUT2D eigenvalue weighted by atomic mass is 32.1. The number of hydrogen-bond acceptors (Lipinski definition) is 3. The number of benzene rings is 1. The number of carbonyl (C=O) groups excluding carboxylic acids is 1. The predicted molar refractivity (Wildman–Crippen MR) is 82.7 cm³/mol. The van der Waals surface area contributed by atoms with E-state index in [2.05, 4.69) is 0 Å². The molecule has 0 aliphatic carbocycles. The molecule has 5 heteroatoms. The molecule has 1 aromatic carbocycles. The van der Waals surface area contributed by atoms with Crippen LogP contribution in [0.4, 0.5) is 0 Å². The van der Waals surface area contributed by atoms with E-state index in [0.717, 1.165) is 31.2 Å². The lowest BCUT2D eigenvalue weighted by Gasteiger charge is -2.28. The Morgan fingerprint density at radius 2 is 1.90 bits per heavy atom. The summed E-state index contributed by atoms with van der Waals surface area (Å²) in [5.74, 6) is -0.0274. The second-order valence-corrected chi connectivity index (χ2v) is 5.57. The van der Waals surface area contributed by atoms with E-state index in [1.165, 1.54) is 0 Å². The minimum absolute atomic E-state index is 0.0245. The Morgan fingerprint density at radius 1 is 1.25 bits per heavy atom. The van der Waals surface area contributed by atoms with Gasteiger partial charge >= 0.3 is 0 Å². The maximum atomic E-state index is 12.6. The van der Waals surface area contributed by atoms with E-state index >= 15 is 0 Å². The third kappa shape index (κ3) is 3.35. The molecular formula is C15H20N2O2S. The lowest BCUT2D eigenvalue weighted by atomic mass is 10.1. The van der Waals surface area contributed by atoms with Gasteiger partial charge in [0.1, 0.15) is 4.99 Å². The fourth-order valence-corrected chi connectivity index (χ4v) is 2.71. The Hall–Kier alpha value is -1.46. The lowest BCUT2D eigenvalue weighted by molar-refractivity contribution is 0.0600. The fraction of sp³-hybridized carbons (Fsp3) is 0.467. The van der Waals surface area contributed by atoms with Crippen LogP contribution >= 0.6 is 12.2 Å². The van der Waals surface area contributed by atoms with E-state index in [1.54, 1.807) is 29.2 Å². The van der Waals surface area contributed by atoms with Crippen molar-refractivity contribution in [2.75, 3.05) is 13.2 Å². The number of nitrogens with zero attached hydrogens (tertiary/aromatic N) is 1. The van der Waals surface area contributed by atoms with Crippen molar-refractivity contribution in [2.45, 2.75) is 31.7 Å². The zero-order valence-corrected chi connectivity index (χ0v) is 12.2. The highest BCUT2D eigenvalue weighted by Gasteiger charge is 2.25. The normalized spacial score (nSPS) is 19.4. The summed E-state index contributed by atoms with van der Waals surface area (Å²) in [4.78, 5) is 14.7. The molecule has 1 saturated heterocycles. The molecule has 0 spiro atoms. The molecule has 1 aliphatic heterocycles. The van der Waals surface area contributed by atoms with Gasteiger partial charge in [-0.15, -0.1) is 0 Å². The average molecular weight is 292 g/mol. The minimum Gasteiger partial charge on any atom is -0.394 e. The summed E-state index contributed by atoms with van der Waals surface area (Å²) in [5, 5.41) is 9.47. The zero-order valence-electron chi connectivity index (χ0n) is 11.4. The van der Waals surface area contributed by atoms with Gasteiger partial charge in [-0.3, -0.25) is 4.79 Å². The molecule has 0 aromatic heterocycles. The maximum absolute atomic E-state index is 12.6. The van der Waals surface area contributed by atoms with Gasteiger partial charge in [0.25, 0.3) is 5.91 Å². The van der Waals surface area contributed by atoms with Crippen molar-refractivity contribution in [3.05, 3.63) is 35.4 Å². The molecule has 1 unspecified atom stereocenters. The monoisotopic (exact) mass is 292 g/mol. The third-order valence-corrected chi connectivity index (χ3v) is 4.00. The summed E-state index contributed by atoms with van der Waals surface area (Å²) in [6, 6.07) is 6.95. The van der Waals surface area contributed by atoms with Gasteiger partial charge in [0.2, 0.25) is 0 Å². The molecule has 0 bridgehead atoms. The molecule has 1 atom stereocenters. The van der Waals surface area contributed by atoms with Crippen LogP contribution < -0.4 is 5.73 Å². The van der Waals surface area contributed by atoms with Gasteiger partial charge in [-0.1, -0.05) is 37.2 Å². The van der Waals surface area contributed by atoms with Crippen molar-refractivity contribution in [1.82, 2.24) is 4.90 Å². The molecule has 1 heterocycles. The molecule has 1 fully saturated rings. The van der Waals surface area contributed by atoms with Crippen molar-refractivity contribution in [3.63, 3.8) is 0 Å². The smallest absolute Gasteiger partial charge is 0.254 e. The van der Waals surface area contributed by atoms with Crippen molar-refractivity contribution in [1.29, 1.82) is 0 Å². The lowest BCUT2D eigenvalue weighted by Crippen LogP contribution is -2.42. The quantitative estimate of drug-likeness (QED) is 0.832. The van der Waals surface area contributed by atoms with E-state index in [4.69, 9.17) is 18.0 Å². The van der Waals surface area contributed by atoms with Gasteiger partial charge < -0.3 is 15.7 Å². The summed E-state index contributed by atoms with van der Waals surface area (Å²) in [6.45, 7) is 0.734. The Balaban J connectivity index is 2.17. The Kier molecular flexibility index (Phi) is 5.09. The molecule has 0 saturated carbocycles. The zero-order chi connectivity index (χ0) is 14.5. The summed E-state index contributed by atoms with van der Waals surface area (Å²) < 4.78 is 0. The standard InChI is InChI=1S/C15H20N2O2S/c16-14(20)11-5-7-12(8-6-11)15(19)17-9-3-1-2-4-13(17)10-18/h5-8,13,18H,1-4,9-10H2,(H2,16,20). The van der Waals surface area contributed by atoms with Crippen LogP contribution in [-0.4, -0.2) is 40.1 Å². The summed E-state index contributed by atoms with van der Waals surface area (Å²) in [7, 11) is 0. The molecule has 1 aliphatic rings. The predicted octanol–water partition coefficient (Wildman–Crippen LogP) is 1.70. The highest BCUT2D eigenvalue weighted by molar-refractivity contribution is 7.80. The SMILES string of the molecule is NC(=S)c1ccc(C(=O)N2CCCCCC2CO)cc1. The van der Waals surface area contributed by atoms with E-state index in [-0.39, 0.29) is 18.6 Å². The van der Waals surface area contributed by atoms with Crippen LogP contribution in [0.15, 0.2) is 24.3 Å². The number of amides is 1. The topological polar surface area (TPSA) is 66.6 Å². The van der Waals surface area contributed by atoms with E-state index < -0.39 is 0 Å². The van der Waals surface area contributed by atoms with Crippen LogP contribution in [0.25, 0.3) is 0 Å². The number of carbonyl (C=O) groups is 1. The molecule has 4 nitrogen and oxygen atoms in total. The molecule has 108 valence electrons. The summed E-state index contributed by atoms with van der Waals surface area (Å²) >= 11 is 4.90. The summed E-state index contributed by atoms with van der Waals surface area (Å²) in [6.07, 6.45) is 4.04. The van der Waals surface area contributed by atoms with Crippen LogP contribution in [0.3, 0.4) is 0 Å². The van der Waals surface area contributed by atoms with Crippen LogP contribution in [0.2, 0.25) is 0 Å². The first-order valence-electron chi connectivity index (χ1n) is 6.95. The second kappa shape index (κ2) is 6.81. The number of nitrogens with two attached hydrogens (primary N) is 1. The number of thiocarbonyl (C=S) groups is 1. The average Bonchev–Trinajstić information content (AvgIpc) is 2.71. The van der Waals surface area contributed by atoms with Gasteiger partial charge in [-0.2, -0.15) is 0 Å². The molecule has 1 aromatic rings. The Bertz CT molecular complexity index is 487. The van der Waals surface area contributed by atoms with E-state index in [9.17, 15) is 9.90 Å². The van der Waals surface area contributed by atoms with Gasteiger partial charge in [0, 0.05) is 17.7 Å². The van der Waals surface area contributed by atoms with Crippen LogP contribution in [-0.2, 0) is 0 Å². The first kappa shape index (κ1) is 14.9. The van der Waals surface area contributed by atoms with E-state index in [1.807, 2.05) is 0 Å². The molecule has 0 radical (unpaired) electrons. The Labute approximate surface area is 124 Å². The Morgan fingerprint density at radius 3 is 2.50 bits per heavy atom. The number of likely N-dealkylation sites (tertiary alicyclic amines) is 1. The van der Waals surface area contributed by atoms with Crippen LogP contribution in [0, 0.1) is 0 Å². The number of aliphatic hydroxyl groups is 1. The van der Waals surface area contributed by atoms with Gasteiger partial charge in [0.05, 0.1) is 12.6 Å². The molecule has 2 rings (SSSR count). The molecular weight excluding hydrogens is 272 g/mol. The van der Waals surface area contributed by atoms with Crippen molar-refractivity contribution in [2.24, 2.45) is 5.73 Å². The van der Waals surface area contributed by atoms with Crippen molar-refractivity contribution in [3.8, 4) is 0 Å². The van der Waals surface area contributed by atoms with Gasteiger partial charge in [0.15, 0.2) is 0 Å². The second-order valence-electron chi connectivity index (χ2n) is 5.13. The first-order valence-corrected chi connectivity index (χ1v) is 7.36. The molecule has 1 amide bonds. The van der Waals surface area contributed by atoms with E-state index in [0.29, 0.717) is 17.1 Å². The highest BCUT2D eigenvalue weighted by Crippen LogP contribution is 2.19. The van der Waals surface area contributed by atoms with Crippen LogP contribution in [0.1, 0.15) is 41.6 Å². The summed E-state index contributed by atoms with van der Waals surface area (Å²) in [5.41, 5.74) is 6.92. The van der Waals surface area contributed by atoms with Crippen molar-refractivity contribution >= 4 is 23.1 Å². The maximum Gasteiger partial charge on any atom is 0.254 e. The number of aliphatic hydroxyl groups excluding tert-OH is 1. The number of rotatable bonds is 3. The first-order chi connectivity index (χ1) is 9.63. The fourth-order valence-electron chi connectivity index (χ4n) is 2.58. The molecule has 20 heavy (non-hydrogen) atoms. The number of hydrogen-bond donors (Lipinski definition) is 2. The molecule has 3 N–H and O–H groups in total. The van der Waals surface area contributed by atoms with Gasteiger partial charge in [-0.05, 0) is 25.0 Å². The van der Waals surface area contributed by atoms with Crippen LogP contribution in [0.5, 0.6) is 0 Å². The largest absolute Gasteiger partial charge is 0.394 e.